The minimum atomic E-state index is -1.29. The van der Waals surface area contributed by atoms with Gasteiger partial charge in [-0.15, -0.1) is 0 Å². The second kappa shape index (κ2) is 24.3. The molecular weight excluding hydrogens is 841 g/mol. The van der Waals surface area contributed by atoms with Crippen molar-refractivity contribution in [3.8, 4) is 0 Å². The maximum absolute atomic E-state index is 15.1. The zero-order valence-corrected chi connectivity index (χ0v) is 37.8. The van der Waals surface area contributed by atoms with Crippen LogP contribution in [-0.2, 0) is 44.9 Å². The lowest BCUT2D eigenvalue weighted by molar-refractivity contribution is -0.145. The number of hydrogen-bond donors (Lipinski definition) is 5. The summed E-state index contributed by atoms with van der Waals surface area (Å²) >= 11 is 0. The molecular formula is C51H64N6O9. The van der Waals surface area contributed by atoms with Crippen molar-refractivity contribution in [1.29, 1.82) is 0 Å². The van der Waals surface area contributed by atoms with Crippen LogP contribution >= 0.6 is 0 Å². The second-order valence-corrected chi connectivity index (χ2v) is 17.8. The Morgan fingerprint density at radius 3 is 2.00 bits per heavy atom. The maximum Gasteiger partial charge on any atom is 0.290 e. The number of unbranched alkanes of at least 4 members (excludes halogenated alkanes) is 1. The predicted molar refractivity (Wildman–Crippen MR) is 246 cm³/mol. The zero-order valence-electron chi connectivity index (χ0n) is 37.8. The van der Waals surface area contributed by atoms with Crippen LogP contribution in [0.2, 0.25) is 0 Å². The fourth-order valence-corrected chi connectivity index (χ4v) is 9.59. The quantitative estimate of drug-likeness (QED) is 0.0742. The number of nitrogens with two attached hydrogens (primary N) is 1. The average molecular weight is 905 g/mol. The molecule has 352 valence electrons. The summed E-state index contributed by atoms with van der Waals surface area (Å²) in [6.45, 7) is 1.52. The number of rotatable bonds is 21. The van der Waals surface area contributed by atoms with Gasteiger partial charge in [-0.05, 0) is 49.1 Å². The Hall–Kier alpha value is -6.22. The Morgan fingerprint density at radius 2 is 1.35 bits per heavy atom. The van der Waals surface area contributed by atoms with Crippen LogP contribution in [0.25, 0.3) is 0 Å². The summed E-state index contributed by atoms with van der Waals surface area (Å²) < 4.78 is 6.32. The number of Topliss-reactive ketones (excluding diaryl/α,β-unsaturated/α-hetero) is 2. The fourth-order valence-electron chi connectivity index (χ4n) is 9.59. The van der Waals surface area contributed by atoms with Crippen LogP contribution in [0, 0.1) is 17.8 Å². The molecule has 1 saturated heterocycles. The molecule has 66 heavy (non-hydrogen) atoms. The van der Waals surface area contributed by atoms with E-state index in [-0.39, 0.29) is 43.6 Å². The topological polar surface area (TPSA) is 223 Å². The smallest absolute Gasteiger partial charge is 0.290 e. The van der Waals surface area contributed by atoms with Crippen LogP contribution in [0.3, 0.4) is 0 Å². The molecule has 3 aromatic carbocycles. The van der Waals surface area contributed by atoms with Crippen LogP contribution in [0.4, 0.5) is 0 Å². The van der Waals surface area contributed by atoms with E-state index in [1.54, 1.807) is 54.6 Å². The molecule has 0 spiro atoms. The molecule has 0 radical (unpaired) electrons. The third-order valence-corrected chi connectivity index (χ3v) is 13.2. The van der Waals surface area contributed by atoms with E-state index < -0.39 is 84.0 Å². The van der Waals surface area contributed by atoms with E-state index in [2.05, 4.69) is 21.3 Å². The Balaban J connectivity index is 1.19. The average Bonchev–Trinajstić information content (AvgIpc) is 3.79. The van der Waals surface area contributed by atoms with Crippen LogP contribution in [-0.4, -0.2) is 89.2 Å². The predicted octanol–water partition coefficient (Wildman–Crippen LogP) is 4.63. The van der Waals surface area contributed by atoms with Gasteiger partial charge in [-0.2, -0.15) is 0 Å². The fraction of sp³-hybridized carbons (Fsp3) is 0.490. The SMILES string of the molecule is CCCCC(NC(=O)[C@@H]1C[C@@H](OCc2ccccc2)CN1C(=O)C(NC(=O)[C@@H]1CCCC[C@@H]1C(=O)c1ccccc1)C1CCCCC1)C(=O)C(=O)NCC(=O)NC(C(N)=O)c1ccccc1. The number of benzene rings is 3. The molecule has 6 N–H and O–H groups in total. The summed E-state index contributed by atoms with van der Waals surface area (Å²) in [6, 6.07) is 22.2. The highest BCUT2D eigenvalue weighted by Crippen LogP contribution is 2.35. The van der Waals surface area contributed by atoms with E-state index in [0.29, 0.717) is 49.7 Å². The first kappa shape index (κ1) is 49.2. The van der Waals surface area contributed by atoms with E-state index in [1.807, 2.05) is 43.3 Å². The Kier molecular flexibility index (Phi) is 18.2. The first-order valence-electron chi connectivity index (χ1n) is 23.6. The lowest BCUT2D eigenvalue weighted by Gasteiger charge is -2.37. The summed E-state index contributed by atoms with van der Waals surface area (Å²) in [5, 5.41) is 10.7. The summed E-state index contributed by atoms with van der Waals surface area (Å²) in [6.07, 6.45) is 7.55. The molecule has 0 bridgehead atoms. The molecule has 3 aliphatic rings. The number of carbonyl (C=O) groups excluding carboxylic acids is 8. The Morgan fingerprint density at radius 1 is 0.727 bits per heavy atom. The van der Waals surface area contributed by atoms with Crippen molar-refractivity contribution in [2.24, 2.45) is 23.5 Å². The highest BCUT2D eigenvalue weighted by atomic mass is 16.5. The van der Waals surface area contributed by atoms with Gasteiger partial charge in [0, 0.05) is 30.4 Å². The summed E-state index contributed by atoms with van der Waals surface area (Å²) in [5.41, 5.74) is 7.42. The molecule has 1 aliphatic heterocycles. The van der Waals surface area contributed by atoms with E-state index in [9.17, 15) is 33.6 Å². The van der Waals surface area contributed by atoms with E-state index >= 15 is 4.79 Å². The summed E-state index contributed by atoms with van der Waals surface area (Å²) in [4.78, 5) is 111. The van der Waals surface area contributed by atoms with Crippen LogP contribution in [0.5, 0.6) is 0 Å². The van der Waals surface area contributed by atoms with Crippen LogP contribution < -0.4 is 27.0 Å². The second-order valence-electron chi connectivity index (χ2n) is 17.8. The third-order valence-electron chi connectivity index (χ3n) is 13.2. The maximum atomic E-state index is 15.1. The molecule has 3 unspecified atom stereocenters. The summed E-state index contributed by atoms with van der Waals surface area (Å²) in [5.74, 6) is -6.56. The molecule has 0 aromatic heterocycles. The number of nitrogens with one attached hydrogen (secondary N) is 4. The normalized spacial score (nSPS) is 21.1. The monoisotopic (exact) mass is 904 g/mol. The van der Waals surface area contributed by atoms with E-state index in [0.717, 1.165) is 37.7 Å². The van der Waals surface area contributed by atoms with Crippen molar-refractivity contribution in [2.45, 2.75) is 127 Å². The molecule has 15 heteroatoms. The molecule has 6 rings (SSSR count). The lowest BCUT2D eigenvalue weighted by Crippen LogP contribution is -2.59. The molecule has 1 heterocycles. The van der Waals surface area contributed by atoms with Gasteiger partial charge in [-0.1, -0.05) is 143 Å². The van der Waals surface area contributed by atoms with Crippen LogP contribution in [0.1, 0.15) is 118 Å². The molecule has 7 atom stereocenters. The minimum Gasteiger partial charge on any atom is -0.372 e. The number of likely N-dealkylation sites (tertiary alicyclic amines) is 1. The molecule has 2 saturated carbocycles. The first-order chi connectivity index (χ1) is 31.9. The number of amides is 6. The van der Waals surface area contributed by atoms with Gasteiger partial charge in [-0.25, -0.2) is 0 Å². The largest absolute Gasteiger partial charge is 0.372 e. The number of ketones is 2. The van der Waals surface area contributed by atoms with Crippen molar-refractivity contribution in [1.82, 2.24) is 26.2 Å². The molecule has 15 nitrogen and oxygen atoms in total. The van der Waals surface area contributed by atoms with Gasteiger partial charge >= 0.3 is 0 Å². The van der Waals surface area contributed by atoms with Crippen molar-refractivity contribution >= 4 is 47.0 Å². The third kappa shape index (κ3) is 13.2. The van der Waals surface area contributed by atoms with Crippen molar-refractivity contribution in [3.63, 3.8) is 0 Å². The molecule has 2 aliphatic carbocycles. The van der Waals surface area contributed by atoms with Gasteiger partial charge in [0.1, 0.15) is 18.1 Å². The lowest BCUT2D eigenvalue weighted by atomic mass is 9.74. The van der Waals surface area contributed by atoms with Crippen molar-refractivity contribution in [3.05, 3.63) is 108 Å². The molecule has 3 fully saturated rings. The van der Waals surface area contributed by atoms with E-state index in [4.69, 9.17) is 10.5 Å². The number of nitrogens with zero attached hydrogens (tertiary/aromatic N) is 1. The summed E-state index contributed by atoms with van der Waals surface area (Å²) in [7, 11) is 0. The number of ether oxygens (including phenoxy) is 1. The van der Waals surface area contributed by atoms with Gasteiger partial charge in [0.25, 0.3) is 5.91 Å². The van der Waals surface area contributed by atoms with Crippen molar-refractivity contribution < 1.29 is 43.1 Å². The van der Waals surface area contributed by atoms with E-state index in [1.165, 1.54) is 4.90 Å². The standard InChI is InChI=1S/C51H64N6O9/c1-2-3-28-40(46(60)50(64)53-30-42(58)55-43(47(52)61)34-20-10-5-11-21-34)54-49(63)41-29-37(66-32-33-18-8-4-9-19-33)31-57(41)51(65)44(35-22-12-6-13-23-35)56-48(62)39-27-17-16-26-38(39)45(59)36-24-14-7-15-25-36/h4-5,7-11,14-15,18-21,24-25,35,37-41,43-44H,2-3,6,12-13,16-17,22-23,26-32H2,1H3,(H2,52,61)(H,53,64)(H,54,63)(H,55,58)(H,56,62)/t37-,38+,39-,40?,41+,43?,44?/m1/s1. The van der Waals surface area contributed by atoms with Gasteiger partial charge in [0.2, 0.25) is 35.3 Å². The number of primary amides is 1. The number of carbonyl (C=O) groups is 8. The zero-order chi connectivity index (χ0) is 47.0. The van der Waals surface area contributed by atoms with Gasteiger partial charge in [-0.3, -0.25) is 38.4 Å². The Labute approximate surface area is 386 Å². The van der Waals surface area contributed by atoms with Crippen molar-refractivity contribution in [2.75, 3.05) is 13.1 Å². The molecule has 6 amide bonds. The van der Waals surface area contributed by atoms with Gasteiger partial charge in [0.05, 0.1) is 25.3 Å². The minimum absolute atomic E-state index is 0.0415. The highest BCUT2D eigenvalue weighted by molar-refractivity contribution is 6.38. The first-order valence-corrected chi connectivity index (χ1v) is 23.6. The van der Waals surface area contributed by atoms with Gasteiger partial charge < -0.3 is 36.6 Å². The van der Waals surface area contributed by atoms with Crippen LogP contribution in [0.15, 0.2) is 91.0 Å². The van der Waals surface area contributed by atoms with Gasteiger partial charge in [0.15, 0.2) is 5.78 Å². The number of hydrogen-bond acceptors (Lipinski definition) is 9. The Bertz CT molecular complexity index is 2150. The highest BCUT2D eigenvalue weighted by Gasteiger charge is 2.46. The molecule has 3 aromatic rings.